The number of carbonyl (C=O) groups excluding carboxylic acids is 1. The van der Waals surface area contributed by atoms with Crippen LogP contribution >= 0.6 is 15.9 Å². The number of alkyl halides is 1. The molecule has 0 heterocycles. The molecule has 1 aromatic carbocycles. The van der Waals surface area contributed by atoms with Crippen LogP contribution in [0.5, 0.6) is 5.75 Å². The fraction of sp³-hybridized carbons (Fsp3) is 0.417. The highest BCUT2D eigenvalue weighted by Gasteiger charge is 2.13. The van der Waals surface area contributed by atoms with Crippen LogP contribution in [0.1, 0.15) is 20.3 Å². The molecular formula is C12H15BrFNO2. The van der Waals surface area contributed by atoms with E-state index in [0.717, 1.165) is 0 Å². The van der Waals surface area contributed by atoms with Gasteiger partial charge in [0.15, 0.2) is 11.6 Å². The zero-order chi connectivity index (χ0) is 12.8. The summed E-state index contributed by atoms with van der Waals surface area (Å²) in [7, 11) is 0. The third kappa shape index (κ3) is 4.00. The number of benzene rings is 1. The zero-order valence-corrected chi connectivity index (χ0v) is 11.4. The molecule has 0 aliphatic carbocycles. The second-order valence-corrected chi connectivity index (χ2v) is 4.55. The van der Waals surface area contributed by atoms with E-state index in [0.29, 0.717) is 18.7 Å². The van der Waals surface area contributed by atoms with Crippen LogP contribution in [0.3, 0.4) is 0 Å². The van der Waals surface area contributed by atoms with Gasteiger partial charge in [0, 0.05) is 11.8 Å². The van der Waals surface area contributed by atoms with Crippen molar-refractivity contribution in [2.24, 2.45) is 0 Å². The standard InChI is InChI=1S/C12H15BrFNO2/c1-3-9(13)12(16)15-8-5-6-11(17-4-2)10(14)7-8/h5-7,9H,3-4H2,1-2H3,(H,15,16). The zero-order valence-electron chi connectivity index (χ0n) is 9.80. The van der Waals surface area contributed by atoms with Gasteiger partial charge >= 0.3 is 0 Å². The monoisotopic (exact) mass is 303 g/mol. The first kappa shape index (κ1) is 14.0. The van der Waals surface area contributed by atoms with E-state index in [1.54, 1.807) is 13.0 Å². The van der Waals surface area contributed by atoms with E-state index in [1.807, 2.05) is 6.92 Å². The number of nitrogens with one attached hydrogen (secondary N) is 1. The second-order valence-electron chi connectivity index (χ2n) is 3.44. The SMILES string of the molecule is CCOc1ccc(NC(=O)C(Br)CC)cc1F. The Morgan fingerprint density at radius 2 is 2.24 bits per heavy atom. The number of halogens is 2. The fourth-order valence-electron chi connectivity index (χ4n) is 1.26. The van der Waals surface area contributed by atoms with Gasteiger partial charge in [-0.1, -0.05) is 22.9 Å². The minimum Gasteiger partial charge on any atom is -0.491 e. The van der Waals surface area contributed by atoms with E-state index in [9.17, 15) is 9.18 Å². The number of hydrogen-bond donors (Lipinski definition) is 1. The largest absolute Gasteiger partial charge is 0.491 e. The van der Waals surface area contributed by atoms with Crippen LogP contribution in [0.15, 0.2) is 18.2 Å². The molecule has 0 saturated carbocycles. The summed E-state index contributed by atoms with van der Waals surface area (Å²) in [6.07, 6.45) is 0.672. The first-order valence-electron chi connectivity index (χ1n) is 5.45. The highest BCUT2D eigenvalue weighted by Crippen LogP contribution is 2.21. The molecule has 5 heteroatoms. The molecule has 0 aliphatic heterocycles. The molecule has 94 valence electrons. The maximum Gasteiger partial charge on any atom is 0.238 e. The average molecular weight is 304 g/mol. The van der Waals surface area contributed by atoms with Crippen LogP contribution in [0, 0.1) is 5.82 Å². The molecule has 0 radical (unpaired) electrons. The lowest BCUT2D eigenvalue weighted by atomic mass is 10.2. The normalized spacial score (nSPS) is 12.0. The van der Waals surface area contributed by atoms with Crippen LogP contribution in [0.4, 0.5) is 10.1 Å². The van der Waals surface area contributed by atoms with Gasteiger partial charge in [-0.15, -0.1) is 0 Å². The first-order chi connectivity index (χ1) is 8.08. The topological polar surface area (TPSA) is 38.3 Å². The van der Waals surface area contributed by atoms with Crippen molar-refractivity contribution in [2.75, 3.05) is 11.9 Å². The lowest BCUT2D eigenvalue weighted by Crippen LogP contribution is -2.22. The Labute approximate surface area is 108 Å². The van der Waals surface area contributed by atoms with Gasteiger partial charge < -0.3 is 10.1 Å². The van der Waals surface area contributed by atoms with Crippen LogP contribution in [-0.4, -0.2) is 17.3 Å². The van der Waals surface area contributed by atoms with Crippen molar-refractivity contribution in [3.8, 4) is 5.75 Å². The highest BCUT2D eigenvalue weighted by molar-refractivity contribution is 9.10. The summed E-state index contributed by atoms with van der Waals surface area (Å²) < 4.78 is 18.6. The van der Waals surface area contributed by atoms with Crippen molar-refractivity contribution in [3.05, 3.63) is 24.0 Å². The van der Waals surface area contributed by atoms with Gasteiger partial charge in [0.25, 0.3) is 0 Å². The van der Waals surface area contributed by atoms with E-state index in [4.69, 9.17) is 4.74 Å². The number of rotatable bonds is 5. The lowest BCUT2D eigenvalue weighted by molar-refractivity contribution is -0.115. The molecular weight excluding hydrogens is 289 g/mol. The minimum absolute atomic E-state index is 0.184. The molecule has 0 aliphatic rings. The molecule has 0 aromatic heterocycles. The Bertz CT molecular complexity index is 398. The Morgan fingerprint density at radius 1 is 1.53 bits per heavy atom. The molecule has 0 fully saturated rings. The first-order valence-corrected chi connectivity index (χ1v) is 6.37. The molecule has 1 aromatic rings. The van der Waals surface area contributed by atoms with Crippen LogP contribution < -0.4 is 10.1 Å². The molecule has 17 heavy (non-hydrogen) atoms. The minimum atomic E-state index is -0.479. The van der Waals surface area contributed by atoms with Gasteiger partial charge in [0.2, 0.25) is 5.91 Å². The number of ether oxygens (including phenoxy) is 1. The third-order valence-electron chi connectivity index (χ3n) is 2.14. The molecule has 1 amide bonds. The summed E-state index contributed by atoms with van der Waals surface area (Å²) in [5, 5.41) is 2.62. The molecule has 1 atom stereocenters. The van der Waals surface area contributed by atoms with Gasteiger partial charge in [0.1, 0.15) is 0 Å². The average Bonchev–Trinajstić information content (AvgIpc) is 2.31. The van der Waals surface area contributed by atoms with E-state index < -0.39 is 5.82 Å². The molecule has 1 rings (SSSR count). The number of carbonyl (C=O) groups is 1. The number of amides is 1. The van der Waals surface area contributed by atoms with Crippen molar-refractivity contribution in [2.45, 2.75) is 25.1 Å². The molecule has 0 saturated heterocycles. The van der Waals surface area contributed by atoms with Crippen molar-refractivity contribution < 1.29 is 13.9 Å². The van der Waals surface area contributed by atoms with Crippen LogP contribution in [-0.2, 0) is 4.79 Å². The van der Waals surface area contributed by atoms with Crippen molar-refractivity contribution in [3.63, 3.8) is 0 Å². The predicted octanol–water partition coefficient (Wildman–Crippen LogP) is 3.34. The summed E-state index contributed by atoms with van der Waals surface area (Å²) in [4.78, 5) is 11.3. The van der Waals surface area contributed by atoms with E-state index in [-0.39, 0.29) is 16.5 Å². The Morgan fingerprint density at radius 3 is 2.76 bits per heavy atom. The predicted molar refractivity (Wildman–Crippen MR) is 69.2 cm³/mol. The quantitative estimate of drug-likeness (QED) is 0.847. The van der Waals surface area contributed by atoms with Crippen molar-refractivity contribution in [1.82, 2.24) is 0 Å². The smallest absolute Gasteiger partial charge is 0.238 e. The maximum atomic E-state index is 13.5. The molecule has 0 bridgehead atoms. The lowest BCUT2D eigenvalue weighted by Gasteiger charge is -2.10. The Hall–Kier alpha value is -1.10. The van der Waals surface area contributed by atoms with Crippen molar-refractivity contribution >= 4 is 27.5 Å². The van der Waals surface area contributed by atoms with E-state index in [1.165, 1.54) is 12.1 Å². The van der Waals surface area contributed by atoms with Gasteiger partial charge in [-0.05, 0) is 25.5 Å². The van der Waals surface area contributed by atoms with Crippen molar-refractivity contribution in [1.29, 1.82) is 0 Å². The van der Waals surface area contributed by atoms with Crippen LogP contribution in [0.2, 0.25) is 0 Å². The van der Waals surface area contributed by atoms with Gasteiger partial charge in [-0.2, -0.15) is 0 Å². The molecule has 1 unspecified atom stereocenters. The Balaban J connectivity index is 2.73. The summed E-state index contributed by atoms with van der Waals surface area (Å²) >= 11 is 3.23. The van der Waals surface area contributed by atoms with Gasteiger partial charge in [0.05, 0.1) is 11.4 Å². The maximum absolute atomic E-state index is 13.5. The Kier molecular flexibility index (Phi) is 5.41. The number of anilines is 1. The third-order valence-corrected chi connectivity index (χ3v) is 3.21. The summed E-state index contributed by atoms with van der Waals surface area (Å²) in [6.45, 7) is 4.07. The summed E-state index contributed by atoms with van der Waals surface area (Å²) in [6, 6.07) is 4.36. The molecule has 0 spiro atoms. The fourth-order valence-corrected chi connectivity index (χ4v) is 1.37. The van der Waals surface area contributed by atoms with E-state index in [2.05, 4.69) is 21.2 Å². The van der Waals surface area contributed by atoms with Crippen LogP contribution in [0.25, 0.3) is 0 Å². The number of hydrogen-bond acceptors (Lipinski definition) is 2. The van der Waals surface area contributed by atoms with Gasteiger partial charge in [-0.25, -0.2) is 4.39 Å². The highest BCUT2D eigenvalue weighted by atomic mass is 79.9. The summed E-state index contributed by atoms with van der Waals surface area (Å²) in [5.74, 6) is -0.472. The molecule has 3 nitrogen and oxygen atoms in total. The second kappa shape index (κ2) is 6.59. The van der Waals surface area contributed by atoms with E-state index >= 15 is 0 Å². The molecule has 1 N–H and O–H groups in total. The summed E-state index contributed by atoms with van der Waals surface area (Å²) in [5.41, 5.74) is 0.425. The van der Waals surface area contributed by atoms with Gasteiger partial charge in [-0.3, -0.25) is 4.79 Å².